The monoisotopic (exact) mass is 369 g/mol. The molecule has 27 heavy (non-hydrogen) atoms. The smallest absolute Gasteiger partial charge is 0.319 e. The lowest BCUT2D eigenvalue weighted by Crippen LogP contribution is -2.47. The van der Waals surface area contributed by atoms with Crippen LogP contribution in [0.15, 0.2) is 24.3 Å². The topological polar surface area (TPSA) is 72.5 Å². The average molecular weight is 369 g/mol. The van der Waals surface area contributed by atoms with Crippen molar-refractivity contribution in [3.63, 3.8) is 0 Å². The normalized spacial score (nSPS) is 21.0. The number of imidazole rings is 1. The first-order valence-electron chi connectivity index (χ1n) is 9.76. The van der Waals surface area contributed by atoms with Crippen LogP contribution >= 0.6 is 0 Å². The van der Waals surface area contributed by atoms with E-state index in [9.17, 15) is 9.59 Å². The van der Waals surface area contributed by atoms with Gasteiger partial charge in [0.1, 0.15) is 5.82 Å². The molecule has 7 nitrogen and oxygen atoms in total. The maximum absolute atomic E-state index is 13.2. The third kappa shape index (κ3) is 3.38. The van der Waals surface area contributed by atoms with Gasteiger partial charge in [-0.2, -0.15) is 0 Å². The quantitative estimate of drug-likeness (QED) is 0.884. The number of hydrogen-bond donors (Lipinski definition) is 1. The summed E-state index contributed by atoms with van der Waals surface area (Å²) in [7, 11) is 3.53. The standard InChI is InChI=1S/C20H27N5O2/c1-23(2)20(27)24-12-9-14(10-13-24)19(26)25-11-5-8-17(25)18-21-15-6-3-4-7-16(15)22-18/h3-4,6-7,14,17H,5,8-13H2,1-2H3,(H,21,22). The number of urea groups is 1. The van der Waals surface area contributed by atoms with E-state index in [0.717, 1.165) is 49.1 Å². The van der Waals surface area contributed by atoms with E-state index in [-0.39, 0.29) is 23.9 Å². The zero-order chi connectivity index (χ0) is 19.0. The minimum absolute atomic E-state index is 0.00110. The summed E-state index contributed by atoms with van der Waals surface area (Å²) in [5, 5.41) is 0. The van der Waals surface area contributed by atoms with Crippen LogP contribution in [0, 0.1) is 5.92 Å². The first-order chi connectivity index (χ1) is 13.0. The van der Waals surface area contributed by atoms with Crippen LogP contribution in [0.4, 0.5) is 4.79 Å². The molecule has 3 heterocycles. The van der Waals surface area contributed by atoms with Crippen LogP contribution in [0.25, 0.3) is 11.0 Å². The molecule has 0 spiro atoms. The van der Waals surface area contributed by atoms with Crippen molar-refractivity contribution >= 4 is 23.0 Å². The van der Waals surface area contributed by atoms with Gasteiger partial charge < -0.3 is 19.7 Å². The molecule has 2 aliphatic heterocycles. The van der Waals surface area contributed by atoms with Gasteiger partial charge in [0.25, 0.3) is 0 Å². The number of aromatic nitrogens is 2. The first-order valence-corrected chi connectivity index (χ1v) is 9.76. The molecule has 2 aliphatic rings. The average Bonchev–Trinajstić information content (AvgIpc) is 3.33. The number of amides is 3. The molecule has 1 atom stereocenters. The number of H-pyrrole nitrogens is 1. The van der Waals surface area contributed by atoms with Crippen LogP contribution in [-0.4, -0.2) is 70.3 Å². The molecule has 1 unspecified atom stereocenters. The van der Waals surface area contributed by atoms with Crippen molar-refractivity contribution in [2.45, 2.75) is 31.7 Å². The number of benzene rings is 1. The van der Waals surface area contributed by atoms with E-state index in [2.05, 4.69) is 4.98 Å². The molecule has 0 radical (unpaired) electrons. The fraction of sp³-hybridized carbons (Fsp3) is 0.550. The van der Waals surface area contributed by atoms with E-state index in [1.807, 2.05) is 34.1 Å². The second kappa shape index (κ2) is 7.21. The van der Waals surface area contributed by atoms with Crippen LogP contribution < -0.4 is 0 Å². The van der Waals surface area contributed by atoms with Crippen molar-refractivity contribution in [2.75, 3.05) is 33.7 Å². The van der Waals surface area contributed by atoms with Crippen molar-refractivity contribution in [2.24, 2.45) is 5.92 Å². The lowest BCUT2D eigenvalue weighted by molar-refractivity contribution is -0.138. The minimum Gasteiger partial charge on any atom is -0.340 e. The van der Waals surface area contributed by atoms with Gasteiger partial charge in [0.05, 0.1) is 17.1 Å². The minimum atomic E-state index is 0.00110. The summed E-state index contributed by atoms with van der Waals surface area (Å²) in [5.74, 6) is 1.11. The molecule has 2 fully saturated rings. The van der Waals surface area contributed by atoms with Gasteiger partial charge in [-0.1, -0.05) is 12.1 Å². The van der Waals surface area contributed by atoms with Crippen molar-refractivity contribution in [1.29, 1.82) is 0 Å². The number of likely N-dealkylation sites (tertiary alicyclic amines) is 2. The van der Waals surface area contributed by atoms with Gasteiger partial charge in [0.15, 0.2) is 0 Å². The Hall–Kier alpha value is -2.57. The summed E-state index contributed by atoms with van der Waals surface area (Å²) in [4.78, 5) is 38.8. The highest BCUT2D eigenvalue weighted by Crippen LogP contribution is 2.34. The van der Waals surface area contributed by atoms with E-state index >= 15 is 0 Å². The van der Waals surface area contributed by atoms with E-state index in [0.29, 0.717) is 13.1 Å². The second-order valence-corrected chi connectivity index (χ2v) is 7.77. The summed E-state index contributed by atoms with van der Waals surface area (Å²) >= 11 is 0. The van der Waals surface area contributed by atoms with E-state index in [1.54, 1.807) is 19.0 Å². The highest BCUT2D eigenvalue weighted by molar-refractivity contribution is 5.81. The van der Waals surface area contributed by atoms with Crippen LogP contribution in [0.2, 0.25) is 0 Å². The lowest BCUT2D eigenvalue weighted by atomic mass is 9.95. The van der Waals surface area contributed by atoms with Crippen molar-refractivity contribution < 1.29 is 9.59 Å². The fourth-order valence-electron chi connectivity index (χ4n) is 4.28. The molecule has 3 amide bonds. The van der Waals surface area contributed by atoms with Crippen molar-refractivity contribution in [1.82, 2.24) is 24.7 Å². The SMILES string of the molecule is CN(C)C(=O)N1CCC(C(=O)N2CCCC2c2nc3ccccc3[nH]2)CC1. The molecule has 1 N–H and O–H groups in total. The van der Waals surface area contributed by atoms with E-state index in [4.69, 9.17) is 4.98 Å². The largest absolute Gasteiger partial charge is 0.340 e. The maximum atomic E-state index is 13.2. The molecule has 1 aromatic carbocycles. The van der Waals surface area contributed by atoms with Crippen molar-refractivity contribution in [3.8, 4) is 0 Å². The number of carbonyl (C=O) groups excluding carboxylic acids is 2. The Morgan fingerprint density at radius 2 is 1.85 bits per heavy atom. The molecule has 2 saturated heterocycles. The van der Waals surface area contributed by atoms with E-state index < -0.39 is 0 Å². The molecule has 0 saturated carbocycles. The Kier molecular flexibility index (Phi) is 4.76. The number of rotatable bonds is 2. The van der Waals surface area contributed by atoms with Crippen LogP contribution in [-0.2, 0) is 4.79 Å². The van der Waals surface area contributed by atoms with Gasteiger partial charge in [0, 0.05) is 39.6 Å². The maximum Gasteiger partial charge on any atom is 0.319 e. The fourth-order valence-corrected chi connectivity index (χ4v) is 4.28. The molecule has 0 bridgehead atoms. The Morgan fingerprint density at radius 1 is 1.11 bits per heavy atom. The second-order valence-electron chi connectivity index (χ2n) is 7.77. The molecule has 0 aliphatic carbocycles. The van der Waals surface area contributed by atoms with Gasteiger partial charge in [-0.3, -0.25) is 4.79 Å². The Bertz CT molecular complexity index is 805. The van der Waals surface area contributed by atoms with E-state index in [1.165, 1.54) is 0 Å². The Labute approximate surface area is 159 Å². The summed E-state index contributed by atoms with van der Waals surface area (Å²) in [5.41, 5.74) is 1.96. The van der Waals surface area contributed by atoms with Gasteiger partial charge in [-0.15, -0.1) is 0 Å². The Morgan fingerprint density at radius 3 is 2.56 bits per heavy atom. The molecular weight excluding hydrogens is 342 g/mol. The third-order valence-corrected chi connectivity index (χ3v) is 5.76. The van der Waals surface area contributed by atoms with Gasteiger partial charge in [-0.25, -0.2) is 9.78 Å². The summed E-state index contributed by atoms with van der Waals surface area (Å²) < 4.78 is 0. The molecule has 144 valence electrons. The molecular formula is C20H27N5O2. The molecule has 1 aromatic heterocycles. The van der Waals surface area contributed by atoms with Gasteiger partial charge >= 0.3 is 6.03 Å². The number of nitrogens with one attached hydrogen (secondary N) is 1. The van der Waals surface area contributed by atoms with Gasteiger partial charge in [-0.05, 0) is 37.8 Å². The number of carbonyl (C=O) groups is 2. The van der Waals surface area contributed by atoms with Crippen LogP contribution in [0.5, 0.6) is 0 Å². The molecule has 4 rings (SSSR count). The molecule has 7 heteroatoms. The predicted molar refractivity (Wildman–Crippen MR) is 103 cm³/mol. The third-order valence-electron chi connectivity index (χ3n) is 5.76. The number of aromatic amines is 1. The zero-order valence-electron chi connectivity index (χ0n) is 16.0. The summed E-state index contributed by atoms with van der Waals surface area (Å²) in [6.45, 7) is 2.09. The van der Waals surface area contributed by atoms with Gasteiger partial charge in [0.2, 0.25) is 5.91 Å². The predicted octanol–water partition coefficient (Wildman–Crippen LogP) is 2.62. The van der Waals surface area contributed by atoms with Crippen LogP contribution in [0.3, 0.4) is 0 Å². The number of piperidine rings is 1. The number of nitrogens with zero attached hydrogens (tertiary/aromatic N) is 4. The summed E-state index contributed by atoms with van der Waals surface area (Å²) in [6, 6.07) is 8.05. The summed E-state index contributed by atoms with van der Waals surface area (Å²) in [6.07, 6.45) is 3.43. The number of fused-ring (bicyclic) bond motifs is 1. The molecule has 2 aromatic rings. The highest BCUT2D eigenvalue weighted by Gasteiger charge is 2.37. The Balaban J connectivity index is 1.44. The van der Waals surface area contributed by atoms with Crippen LogP contribution in [0.1, 0.15) is 37.5 Å². The zero-order valence-corrected chi connectivity index (χ0v) is 16.0. The first kappa shape index (κ1) is 17.8. The highest BCUT2D eigenvalue weighted by atomic mass is 16.2. The van der Waals surface area contributed by atoms with Crippen molar-refractivity contribution in [3.05, 3.63) is 30.1 Å². The lowest BCUT2D eigenvalue weighted by Gasteiger charge is -2.35. The number of hydrogen-bond acceptors (Lipinski definition) is 3. The number of para-hydroxylation sites is 2.